The van der Waals surface area contributed by atoms with Crippen LogP contribution in [-0.4, -0.2) is 30.5 Å². The van der Waals surface area contributed by atoms with E-state index in [1.807, 2.05) is 51.1 Å². The number of benzene rings is 3. The average Bonchev–Trinajstić information content (AvgIpc) is 3.11. The van der Waals surface area contributed by atoms with Gasteiger partial charge in [-0.3, -0.25) is 14.5 Å². The van der Waals surface area contributed by atoms with E-state index in [0.717, 1.165) is 11.1 Å². The molecule has 1 unspecified atom stereocenters. The molecule has 0 aromatic heterocycles. The molecule has 1 N–H and O–H groups in total. The van der Waals surface area contributed by atoms with E-state index in [9.17, 15) is 14.7 Å². The third-order valence-corrected chi connectivity index (χ3v) is 5.96. The van der Waals surface area contributed by atoms with Gasteiger partial charge in [0.1, 0.15) is 17.3 Å². The number of ketones is 1. The first-order valence-corrected chi connectivity index (χ1v) is 11.1. The number of anilines is 1. The van der Waals surface area contributed by atoms with E-state index in [2.05, 4.69) is 0 Å². The molecule has 1 heterocycles. The van der Waals surface area contributed by atoms with Gasteiger partial charge in [-0.05, 0) is 73.9 Å². The molecule has 1 aliphatic rings. The first-order valence-electron chi connectivity index (χ1n) is 11.1. The fourth-order valence-electron chi connectivity index (χ4n) is 4.35. The number of hydrogen-bond donors (Lipinski definition) is 1. The number of aliphatic hydroxyl groups is 1. The van der Waals surface area contributed by atoms with E-state index in [0.29, 0.717) is 34.9 Å². The minimum absolute atomic E-state index is 0.0372. The van der Waals surface area contributed by atoms with Gasteiger partial charge in [-0.1, -0.05) is 30.3 Å². The minimum atomic E-state index is -0.815. The normalized spacial score (nSPS) is 17.2. The molecule has 0 radical (unpaired) electrons. The molecule has 0 aliphatic carbocycles. The summed E-state index contributed by atoms with van der Waals surface area (Å²) < 4.78 is 11.0. The highest BCUT2D eigenvalue weighted by molar-refractivity contribution is 6.51. The van der Waals surface area contributed by atoms with E-state index in [4.69, 9.17) is 9.47 Å². The largest absolute Gasteiger partial charge is 0.507 e. The molecule has 1 aliphatic heterocycles. The van der Waals surface area contributed by atoms with Gasteiger partial charge in [0.25, 0.3) is 11.7 Å². The van der Waals surface area contributed by atoms with Crippen LogP contribution in [0, 0.1) is 13.8 Å². The summed E-state index contributed by atoms with van der Waals surface area (Å²) in [5.41, 5.74) is 3.29. The minimum Gasteiger partial charge on any atom is -0.507 e. The van der Waals surface area contributed by atoms with Crippen LogP contribution in [0.5, 0.6) is 11.5 Å². The third kappa shape index (κ3) is 4.03. The number of para-hydroxylation sites is 1. The molecular formula is C28H27NO5. The van der Waals surface area contributed by atoms with Crippen molar-refractivity contribution >= 4 is 23.1 Å². The van der Waals surface area contributed by atoms with Crippen LogP contribution in [0.1, 0.15) is 35.2 Å². The molecule has 6 heteroatoms. The number of nitrogens with zero attached hydrogens (tertiary/aromatic N) is 1. The summed E-state index contributed by atoms with van der Waals surface area (Å²) >= 11 is 0. The zero-order valence-corrected chi connectivity index (χ0v) is 19.7. The van der Waals surface area contributed by atoms with Crippen molar-refractivity contribution in [3.8, 4) is 11.5 Å². The molecule has 3 aromatic carbocycles. The maximum atomic E-state index is 13.4. The first kappa shape index (κ1) is 23.1. The molecular weight excluding hydrogens is 430 g/mol. The highest BCUT2D eigenvalue weighted by Crippen LogP contribution is 2.43. The van der Waals surface area contributed by atoms with Crippen LogP contribution in [0.3, 0.4) is 0 Å². The van der Waals surface area contributed by atoms with Crippen molar-refractivity contribution in [2.45, 2.75) is 26.8 Å². The van der Waals surface area contributed by atoms with Crippen LogP contribution < -0.4 is 14.4 Å². The number of carbonyl (C=O) groups excluding carboxylic acids is 2. The Hall–Kier alpha value is -4.06. The summed E-state index contributed by atoms with van der Waals surface area (Å²) in [4.78, 5) is 28.1. The van der Waals surface area contributed by atoms with Crippen LogP contribution in [0.15, 0.2) is 72.3 Å². The van der Waals surface area contributed by atoms with Crippen LogP contribution in [0.4, 0.5) is 5.69 Å². The fourth-order valence-corrected chi connectivity index (χ4v) is 4.35. The number of hydrogen-bond acceptors (Lipinski definition) is 5. The number of aliphatic hydroxyl groups excluding tert-OH is 1. The first-order chi connectivity index (χ1) is 16.4. The lowest BCUT2D eigenvalue weighted by Crippen LogP contribution is -2.29. The van der Waals surface area contributed by atoms with Gasteiger partial charge in [0.2, 0.25) is 0 Å². The van der Waals surface area contributed by atoms with Crippen molar-refractivity contribution in [3.05, 3.63) is 94.6 Å². The molecule has 34 heavy (non-hydrogen) atoms. The smallest absolute Gasteiger partial charge is 0.300 e. The molecule has 3 aromatic rings. The average molecular weight is 458 g/mol. The van der Waals surface area contributed by atoms with Gasteiger partial charge < -0.3 is 14.6 Å². The summed E-state index contributed by atoms with van der Waals surface area (Å²) in [6.45, 7) is 6.06. The van der Waals surface area contributed by atoms with Gasteiger partial charge in [0, 0.05) is 11.3 Å². The summed E-state index contributed by atoms with van der Waals surface area (Å²) in [5.74, 6) is -0.342. The second-order valence-corrected chi connectivity index (χ2v) is 8.15. The highest BCUT2D eigenvalue weighted by Gasteiger charge is 2.47. The van der Waals surface area contributed by atoms with Gasteiger partial charge in [-0.25, -0.2) is 0 Å². The number of amides is 1. The maximum Gasteiger partial charge on any atom is 0.300 e. The Labute approximate surface area is 199 Å². The number of rotatable bonds is 6. The standard InChI is InChI=1S/C28H27NO5/c1-5-34-21-13-9-10-19(16-21)25-24(26(30)22-14-18(3)23(33-4)15-17(22)2)27(31)28(32)29(25)20-11-7-6-8-12-20/h6-16,25,30H,5H2,1-4H3/b26-24+. The number of Topliss-reactive ketones (excluding diaryl/α,β-unsaturated/α-hetero) is 1. The van der Waals surface area contributed by atoms with Gasteiger partial charge in [0.15, 0.2) is 0 Å². The zero-order valence-electron chi connectivity index (χ0n) is 19.7. The molecule has 6 nitrogen and oxygen atoms in total. The van der Waals surface area contributed by atoms with E-state index in [1.165, 1.54) is 4.90 Å². The van der Waals surface area contributed by atoms with Gasteiger partial charge in [-0.2, -0.15) is 0 Å². The van der Waals surface area contributed by atoms with E-state index < -0.39 is 17.7 Å². The van der Waals surface area contributed by atoms with Crippen LogP contribution in [-0.2, 0) is 9.59 Å². The Morgan fingerprint density at radius 2 is 1.71 bits per heavy atom. The summed E-state index contributed by atoms with van der Waals surface area (Å²) in [7, 11) is 1.58. The highest BCUT2D eigenvalue weighted by atomic mass is 16.5. The SMILES string of the molecule is CCOc1cccc(C2/C(=C(\O)c3cc(C)c(OC)cc3C)C(=O)C(=O)N2c2ccccc2)c1. The predicted molar refractivity (Wildman–Crippen MR) is 131 cm³/mol. The summed E-state index contributed by atoms with van der Waals surface area (Å²) in [6, 6.07) is 19.0. The van der Waals surface area contributed by atoms with Gasteiger partial charge in [-0.15, -0.1) is 0 Å². The molecule has 0 spiro atoms. The second-order valence-electron chi connectivity index (χ2n) is 8.15. The van der Waals surface area contributed by atoms with Crippen LogP contribution >= 0.6 is 0 Å². The molecule has 1 atom stereocenters. The van der Waals surface area contributed by atoms with E-state index >= 15 is 0 Å². The lowest BCUT2D eigenvalue weighted by molar-refractivity contribution is -0.132. The second kappa shape index (κ2) is 9.43. The number of carbonyl (C=O) groups is 2. The van der Waals surface area contributed by atoms with Crippen molar-refractivity contribution in [1.29, 1.82) is 0 Å². The predicted octanol–water partition coefficient (Wildman–Crippen LogP) is 5.34. The molecule has 174 valence electrons. The van der Waals surface area contributed by atoms with Crippen molar-refractivity contribution in [2.75, 3.05) is 18.6 Å². The lowest BCUT2D eigenvalue weighted by Gasteiger charge is -2.26. The molecule has 1 amide bonds. The van der Waals surface area contributed by atoms with Crippen molar-refractivity contribution < 1.29 is 24.2 Å². The fraction of sp³-hybridized carbons (Fsp3) is 0.214. The Morgan fingerprint density at radius 1 is 0.971 bits per heavy atom. The van der Waals surface area contributed by atoms with E-state index in [-0.39, 0.29) is 11.3 Å². The maximum absolute atomic E-state index is 13.4. The molecule has 4 rings (SSSR count). The zero-order chi connectivity index (χ0) is 24.4. The van der Waals surface area contributed by atoms with Crippen LogP contribution in [0.25, 0.3) is 5.76 Å². The third-order valence-electron chi connectivity index (χ3n) is 5.96. The van der Waals surface area contributed by atoms with Gasteiger partial charge in [0.05, 0.1) is 25.3 Å². The Bertz CT molecular complexity index is 1280. The monoisotopic (exact) mass is 457 g/mol. The number of aryl methyl sites for hydroxylation is 2. The topological polar surface area (TPSA) is 76.1 Å². The Kier molecular flexibility index (Phi) is 6.41. The lowest BCUT2D eigenvalue weighted by atomic mass is 9.93. The quantitative estimate of drug-likeness (QED) is 0.307. The summed E-state index contributed by atoms with van der Waals surface area (Å²) in [6.07, 6.45) is 0. The van der Waals surface area contributed by atoms with E-state index in [1.54, 1.807) is 43.5 Å². The van der Waals surface area contributed by atoms with Gasteiger partial charge >= 0.3 is 0 Å². The van der Waals surface area contributed by atoms with Crippen molar-refractivity contribution in [1.82, 2.24) is 0 Å². The molecule has 0 saturated carbocycles. The van der Waals surface area contributed by atoms with Crippen LogP contribution in [0.2, 0.25) is 0 Å². The Balaban J connectivity index is 1.96. The number of ether oxygens (including phenoxy) is 2. The van der Waals surface area contributed by atoms with Crippen molar-refractivity contribution in [3.63, 3.8) is 0 Å². The molecule has 1 fully saturated rings. The van der Waals surface area contributed by atoms with Crippen molar-refractivity contribution in [2.24, 2.45) is 0 Å². The summed E-state index contributed by atoms with van der Waals surface area (Å²) in [5, 5.41) is 11.5. The molecule has 1 saturated heterocycles. The Morgan fingerprint density at radius 3 is 2.38 bits per heavy atom. The number of methoxy groups -OCH3 is 1. The molecule has 0 bridgehead atoms.